The van der Waals surface area contributed by atoms with E-state index in [2.05, 4.69) is 15.5 Å². The number of nitro groups is 1. The summed E-state index contributed by atoms with van der Waals surface area (Å²) in [5, 5.41) is 17.1. The van der Waals surface area contributed by atoms with E-state index in [1.807, 2.05) is 5.38 Å². The predicted octanol–water partition coefficient (Wildman–Crippen LogP) is 3.76. The minimum atomic E-state index is -0.429. The molecule has 0 radical (unpaired) electrons. The Bertz CT molecular complexity index is 794. The van der Waals surface area contributed by atoms with Gasteiger partial charge in [0.05, 0.1) is 23.1 Å². The number of hydrogen-bond donors (Lipinski definition) is 1. The number of aromatic nitrogens is 1. The van der Waals surface area contributed by atoms with Crippen LogP contribution in [-0.2, 0) is 0 Å². The first-order valence-corrected chi connectivity index (χ1v) is 7.13. The second-order valence-corrected chi connectivity index (χ2v) is 5.09. The molecule has 2 heterocycles. The third-order valence-corrected chi connectivity index (χ3v) is 3.52. The minimum absolute atomic E-state index is 0.0559. The highest BCUT2D eigenvalue weighted by atomic mass is 32.1. The van der Waals surface area contributed by atoms with Crippen molar-refractivity contribution in [2.45, 2.75) is 0 Å². The van der Waals surface area contributed by atoms with E-state index in [0.29, 0.717) is 10.9 Å². The molecular formula is C14H10N4O3S. The smallest absolute Gasteiger partial charge is 0.269 e. The number of non-ortho nitro benzene ring substituents is 1. The third kappa shape index (κ3) is 3.18. The van der Waals surface area contributed by atoms with Crippen LogP contribution in [0.3, 0.4) is 0 Å². The Labute approximate surface area is 129 Å². The van der Waals surface area contributed by atoms with Crippen molar-refractivity contribution in [2.24, 2.45) is 5.10 Å². The van der Waals surface area contributed by atoms with E-state index in [1.165, 1.54) is 23.5 Å². The SMILES string of the molecule is O=[N+]([O-])c1ccc(-c2csc(N/N=C/c3ccco3)n2)cc1. The zero-order valence-electron chi connectivity index (χ0n) is 11.2. The maximum absolute atomic E-state index is 10.6. The van der Waals surface area contributed by atoms with Crippen LogP contribution >= 0.6 is 11.3 Å². The summed E-state index contributed by atoms with van der Waals surface area (Å²) in [6.45, 7) is 0. The first kappa shape index (κ1) is 14.0. The number of hydrazone groups is 1. The summed E-state index contributed by atoms with van der Waals surface area (Å²) in [7, 11) is 0. The zero-order chi connectivity index (χ0) is 15.4. The van der Waals surface area contributed by atoms with Gasteiger partial charge in [-0.3, -0.25) is 15.5 Å². The molecule has 110 valence electrons. The van der Waals surface area contributed by atoms with Crippen LogP contribution < -0.4 is 5.43 Å². The molecule has 7 nitrogen and oxygen atoms in total. The van der Waals surface area contributed by atoms with Gasteiger partial charge in [0.25, 0.3) is 5.69 Å². The van der Waals surface area contributed by atoms with Crippen LogP contribution in [0.2, 0.25) is 0 Å². The van der Waals surface area contributed by atoms with Gasteiger partial charge < -0.3 is 4.42 Å². The lowest BCUT2D eigenvalue weighted by Gasteiger charge is -1.96. The summed E-state index contributed by atoms with van der Waals surface area (Å²) < 4.78 is 5.12. The van der Waals surface area contributed by atoms with Gasteiger partial charge in [-0.05, 0) is 24.3 Å². The molecule has 0 fully saturated rings. The van der Waals surface area contributed by atoms with E-state index in [9.17, 15) is 10.1 Å². The fourth-order valence-electron chi connectivity index (χ4n) is 1.73. The van der Waals surface area contributed by atoms with Gasteiger partial charge in [-0.25, -0.2) is 4.98 Å². The number of hydrogen-bond acceptors (Lipinski definition) is 7. The van der Waals surface area contributed by atoms with Crippen LogP contribution in [0.4, 0.5) is 10.8 Å². The summed E-state index contributed by atoms with van der Waals surface area (Å²) in [4.78, 5) is 14.6. The molecule has 0 saturated heterocycles. The van der Waals surface area contributed by atoms with Crippen LogP contribution in [0.25, 0.3) is 11.3 Å². The highest BCUT2D eigenvalue weighted by Crippen LogP contribution is 2.26. The van der Waals surface area contributed by atoms with Gasteiger partial charge in [-0.15, -0.1) is 11.3 Å². The van der Waals surface area contributed by atoms with E-state index < -0.39 is 4.92 Å². The molecular weight excluding hydrogens is 304 g/mol. The fraction of sp³-hybridized carbons (Fsp3) is 0. The van der Waals surface area contributed by atoms with E-state index >= 15 is 0 Å². The van der Waals surface area contributed by atoms with Crippen molar-refractivity contribution >= 4 is 28.4 Å². The normalized spacial score (nSPS) is 10.9. The van der Waals surface area contributed by atoms with Crippen molar-refractivity contribution in [1.82, 2.24) is 4.98 Å². The van der Waals surface area contributed by atoms with Gasteiger partial charge >= 0.3 is 0 Å². The second kappa shape index (κ2) is 6.19. The zero-order valence-corrected chi connectivity index (χ0v) is 12.0. The molecule has 1 N–H and O–H groups in total. The van der Waals surface area contributed by atoms with Crippen molar-refractivity contribution in [2.75, 3.05) is 5.43 Å². The van der Waals surface area contributed by atoms with E-state index in [0.717, 1.165) is 11.3 Å². The van der Waals surface area contributed by atoms with E-state index in [4.69, 9.17) is 4.42 Å². The lowest BCUT2D eigenvalue weighted by Crippen LogP contribution is -1.89. The predicted molar refractivity (Wildman–Crippen MR) is 84.1 cm³/mol. The van der Waals surface area contributed by atoms with Crippen molar-refractivity contribution in [1.29, 1.82) is 0 Å². The Kier molecular flexibility index (Phi) is 3.92. The summed E-state index contributed by atoms with van der Waals surface area (Å²) in [6.07, 6.45) is 3.12. The van der Waals surface area contributed by atoms with Crippen molar-refractivity contribution in [3.63, 3.8) is 0 Å². The Hall–Kier alpha value is -3.00. The Balaban J connectivity index is 1.69. The molecule has 0 bridgehead atoms. The molecule has 0 unspecified atom stereocenters. The summed E-state index contributed by atoms with van der Waals surface area (Å²) in [5.41, 5.74) is 4.41. The van der Waals surface area contributed by atoms with Gasteiger partial charge in [0.15, 0.2) is 0 Å². The Morgan fingerprint density at radius 3 is 2.82 bits per heavy atom. The highest BCUT2D eigenvalue weighted by Gasteiger charge is 2.07. The monoisotopic (exact) mass is 314 g/mol. The summed E-state index contributed by atoms with van der Waals surface area (Å²) in [6, 6.07) is 9.81. The fourth-order valence-corrected chi connectivity index (χ4v) is 2.40. The quantitative estimate of drug-likeness (QED) is 0.439. The molecule has 0 atom stereocenters. The lowest BCUT2D eigenvalue weighted by molar-refractivity contribution is -0.384. The van der Waals surface area contributed by atoms with Crippen molar-refractivity contribution < 1.29 is 9.34 Å². The number of benzene rings is 1. The van der Waals surface area contributed by atoms with Crippen molar-refractivity contribution in [3.8, 4) is 11.3 Å². The van der Waals surface area contributed by atoms with Crippen molar-refractivity contribution in [3.05, 3.63) is 63.9 Å². The van der Waals surface area contributed by atoms with E-state index in [-0.39, 0.29) is 5.69 Å². The standard InChI is InChI=1S/C14H10N4O3S/c19-18(20)11-5-3-10(4-6-11)13-9-22-14(16-13)17-15-8-12-2-1-7-21-12/h1-9H,(H,16,17)/b15-8+. The molecule has 0 spiro atoms. The lowest BCUT2D eigenvalue weighted by atomic mass is 10.1. The van der Waals surface area contributed by atoms with Gasteiger partial charge in [-0.2, -0.15) is 5.10 Å². The maximum atomic E-state index is 10.6. The highest BCUT2D eigenvalue weighted by molar-refractivity contribution is 7.14. The number of nitro benzene ring substituents is 1. The maximum Gasteiger partial charge on any atom is 0.269 e. The van der Waals surface area contributed by atoms with Crippen LogP contribution in [0.1, 0.15) is 5.76 Å². The molecule has 2 aromatic heterocycles. The van der Waals surface area contributed by atoms with Gasteiger partial charge in [0.1, 0.15) is 5.76 Å². The molecule has 8 heteroatoms. The first-order valence-electron chi connectivity index (χ1n) is 6.25. The van der Waals surface area contributed by atoms with Gasteiger partial charge in [-0.1, -0.05) is 0 Å². The molecule has 3 rings (SSSR count). The third-order valence-electron chi connectivity index (χ3n) is 2.77. The van der Waals surface area contributed by atoms with Crippen LogP contribution in [0, 0.1) is 10.1 Å². The van der Waals surface area contributed by atoms with E-state index in [1.54, 1.807) is 36.7 Å². The average molecular weight is 314 g/mol. The van der Waals surface area contributed by atoms with Gasteiger partial charge in [0.2, 0.25) is 5.13 Å². The van der Waals surface area contributed by atoms with Crippen LogP contribution in [0.5, 0.6) is 0 Å². The Morgan fingerprint density at radius 1 is 1.32 bits per heavy atom. The molecule has 3 aromatic rings. The largest absolute Gasteiger partial charge is 0.463 e. The molecule has 22 heavy (non-hydrogen) atoms. The minimum Gasteiger partial charge on any atom is -0.463 e. The number of anilines is 1. The van der Waals surface area contributed by atoms with Gasteiger partial charge in [0, 0.05) is 23.1 Å². The Morgan fingerprint density at radius 2 is 2.14 bits per heavy atom. The first-order chi connectivity index (χ1) is 10.7. The topological polar surface area (TPSA) is 93.6 Å². The molecule has 0 aliphatic heterocycles. The number of rotatable bonds is 5. The number of nitrogens with one attached hydrogen (secondary N) is 1. The summed E-state index contributed by atoms with van der Waals surface area (Å²) in [5.74, 6) is 0.639. The molecule has 0 saturated carbocycles. The summed E-state index contributed by atoms with van der Waals surface area (Å²) >= 11 is 1.39. The molecule has 0 amide bonds. The van der Waals surface area contributed by atoms with Crippen LogP contribution in [0.15, 0.2) is 57.6 Å². The number of thiazole rings is 1. The second-order valence-electron chi connectivity index (χ2n) is 4.23. The molecule has 1 aromatic carbocycles. The molecule has 0 aliphatic rings. The number of furan rings is 1. The molecule has 0 aliphatic carbocycles. The van der Waals surface area contributed by atoms with Crippen LogP contribution in [-0.4, -0.2) is 16.1 Å². The number of nitrogens with zero attached hydrogens (tertiary/aromatic N) is 3. The average Bonchev–Trinajstić information content (AvgIpc) is 3.19.